The van der Waals surface area contributed by atoms with E-state index in [1.54, 1.807) is 4.57 Å². The zero-order valence-corrected chi connectivity index (χ0v) is 11.3. The molecule has 1 aromatic heterocycles. The first kappa shape index (κ1) is 14.0. The molecule has 0 saturated heterocycles. The molecule has 17 heavy (non-hydrogen) atoms. The van der Waals surface area contributed by atoms with E-state index in [0.717, 1.165) is 12.2 Å². The lowest BCUT2D eigenvalue weighted by Crippen LogP contribution is -2.19. The zero-order chi connectivity index (χ0) is 12.8. The van der Waals surface area contributed by atoms with Crippen molar-refractivity contribution in [2.45, 2.75) is 51.2 Å². The number of aromatic amines is 1. The zero-order valence-electron chi connectivity index (χ0n) is 10.5. The summed E-state index contributed by atoms with van der Waals surface area (Å²) in [6, 6.07) is 0.0982. The lowest BCUT2D eigenvalue weighted by molar-refractivity contribution is -0.118. The highest BCUT2D eigenvalue weighted by atomic mass is 32.2. The average molecular weight is 257 g/mol. The fraction of sp³-hybridized carbons (Fsp3) is 0.727. The molecule has 0 spiro atoms. The van der Waals surface area contributed by atoms with Crippen molar-refractivity contribution in [2.75, 3.05) is 5.75 Å². The first-order chi connectivity index (χ1) is 8.06. The molecule has 1 N–H and O–H groups in total. The summed E-state index contributed by atoms with van der Waals surface area (Å²) >= 11 is 1.52. The molecule has 96 valence electrons. The van der Waals surface area contributed by atoms with Gasteiger partial charge in [-0.05, 0) is 20.3 Å². The topological polar surface area (TPSA) is 67.8 Å². The van der Waals surface area contributed by atoms with Crippen molar-refractivity contribution < 1.29 is 4.79 Å². The average Bonchev–Trinajstić information content (AvgIpc) is 2.65. The number of hydrogen-bond donors (Lipinski definition) is 1. The Hall–Kier alpha value is -1.04. The van der Waals surface area contributed by atoms with Crippen LogP contribution in [0.2, 0.25) is 0 Å². The van der Waals surface area contributed by atoms with Crippen LogP contribution in [-0.4, -0.2) is 26.3 Å². The molecule has 0 radical (unpaired) electrons. The Morgan fingerprint density at radius 2 is 2.24 bits per heavy atom. The van der Waals surface area contributed by atoms with Crippen molar-refractivity contribution in [1.82, 2.24) is 14.8 Å². The Balaban J connectivity index is 2.47. The van der Waals surface area contributed by atoms with Gasteiger partial charge >= 0.3 is 5.69 Å². The molecule has 0 saturated carbocycles. The van der Waals surface area contributed by atoms with Gasteiger partial charge in [-0.15, -0.1) is 5.10 Å². The van der Waals surface area contributed by atoms with Crippen molar-refractivity contribution in [3.8, 4) is 0 Å². The number of carbonyl (C=O) groups is 1. The fourth-order valence-electron chi connectivity index (χ4n) is 1.46. The van der Waals surface area contributed by atoms with Crippen molar-refractivity contribution in [1.29, 1.82) is 0 Å². The van der Waals surface area contributed by atoms with Crippen LogP contribution in [-0.2, 0) is 4.79 Å². The number of nitrogens with zero attached hydrogens (tertiary/aromatic N) is 2. The SMILES string of the molecule is CCC(=O)CCCSc1n[nH]c(=O)n1C(C)C. The Labute approximate surface area is 105 Å². The van der Waals surface area contributed by atoms with E-state index in [0.29, 0.717) is 18.0 Å². The first-order valence-electron chi connectivity index (χ1n) is 5.87. The maximum absolute atomic E-state index is 11.4. The van der Waals surface area contributed by atoms with Crippen LogP contribution in [0, 0.1) is 0 Å². The van der Waals surface area contributed by atoms with Gasteiger partial charge in [0.25, 0.3) is 0 Å². The predicted octanol–water partition coefficient (Wildman–Crippen LogP) is 2.00. The van der Waals surface area contributed by atoms with Crippen LogP contribution < -0.4 is 5.69 Å². The lowest BCUT2D eigenvalue weighted by Gasteiger charge is -2.07. The highest BCUT2D eigenvalue weighted by Gasteiger charge is 2.11. The predicted molar refractivity (Wildman–Crippen MR) is 68.5 cm³/mol. The molecule has 1 heterocycles. The van der Waals surface area contributed by atoms with Crippen LogP contribution in [0.1, 0.15) is 46.1 Å². The number of Topliss-reactive ketones (excluding diaryl/α,β-unsaturated/α-hetero) is 1. The highest BCUT2D eigenvalue weighted by Crippen LogP contribution is 2.18. The first-order valence-corrected chi connectivity index (χ1v) is 6.86. The Morgan fingerprint density at radius 3 is 2.82 bits per heavy atom. The number of hydrogen-bond acceptors (Lipinski definition) is 4. The van der Waals surface area contributed by atoms with E-state index in [2.05, 4.69) is 10.2 Å². The van der Waals surface area contributed by atoms with Crippen molar-refractivity contribution in [3.05, 3.63) is 10.5 Å². The van der Waals surface area contributed by atoms with E-state index in [1.807, 2.05) is 20.8 Å². The summed E-state index contributed by atoms with van der Waals surface area (Å²) in [7, 11) is 0. The third kappa shape index (κ3) is 4.03. The Bertz CT molecular complexity index is 423. The molecule has 0 amide bonds. The van der Waals surface area contributed by atoms with Crippen molar-refractivity contribution >= 4 is 17.5 Å². The second-order valence-electron chi connectivity index (χ2n) is 4.12. The molecular weight excluding hydrogens is 238 g/mol. The number of ketones is 1. The third-order valence-electron chi connectivity index (χ3n) is 2.41. The summed E-state index contributed by atoms with van der Waals surface area (Å²) in [6.45, 7) is 5.77. The minimum atomic E-state index is -0.174. The van der Waals surface area contributed by atoms with E-state index >= 15 is 0 Å². The standard InChI is InChI=1S/C11H19N3O2S/c1-4-9(15)6-5-7-17-11-13-12-10(16)14(11)8(2)3/h8H,4-7H2,1-3H3,(H,12,16). The van der Waals surface area contributed by atoms with E-state index in [1.165, 1.54) is 11.8 Å². The molecule has 0 unspecified atom stereocenters. The minimum absolute atomic E-state index is 0.0982. The van der Waals surface area contributed by atoms with Gasteiger partial charge in [0.05, 0.1) is 0 Å². The van der Waals surface area contributed by atoms with Gasteiger partial charge in [-0.1, -0.05) is 18.7 Å². The number of thioether (sulfide) groups is 1. The van der Waals surface area contributed by atoms with Gasteiger partial charge in [-0.3, -0.25) is 9.36 Å². The highest BCUT2D eigenvalue weighted by molar-refractivity contribution is 7.99. The summed E-state index contributed by atoms with van der Waals surface area (Å²) in [5.74, 6) is 1.09. The van der Waals surface area contributed by atoms with Crippen molar-refractivity contribution in [2.24, 2.45) is 0 Å². The molecule has 1 aromatic rings. The Morgan fingerprint density at radius 1 is 1.53 bits per heavy atom. The number of nitrogens with one attached hydrogen (secondary N) is 1. The van der Waals surface area contributed by atoms with Crippen LogP contribution in [0.4, 0.5) is 0 Å². The van der Waals surface area contributed by atoms with Gasteiger partial charge in [-0.2, -0.15) is 0 Å². The van der Waals surface area contributed by atoms with Gasteiger partial charge in [-0.25, -0.2) is 9.89 Å². The van der Waals surface area contributed by atoms with Crippen LogP contribution in [0.5, 0.6) is 0 Å². The van der Waals surface area contributed by atoms with Crippen LogP contribution in [0.3, 0.4) is 0 Å². The number of H-pyrrole nitrogens is 1. The molecule has 0 atom stereocenters. The molecule has 5 nitrogen and oxygen atoms in total. The Kier molecular flexibility index (Phi) is 5.47. The smallest absolute Gasteiger partial charge is 0.300 e. The molecule has 0 bridgehead atoms. The summed E-state index contributed by atoms with van der Waals surface area (Å²) in [6.07, 6.45) is 2.04. The van der Waals surface area contributed by atoms with Gasteiger partial charge in [0.2, 0.25) is 0 Å². The maximum Gasteiger partial charge on any atom is 0.344 e. The largest absolute Gasteiger partial charge is 0.344 e. The van der Waals surface area contributed by atoms with E-state index in [9.17, 15) is 9.59 Å². The molecule has 0 fully saturated rings. The minimum Gasteiger partial charge on any atom is -0.300 e. The van der Waals surface area contributed by atoms with Crippen LogP contribution in [0.15, 0.2) is 9.95 Å². The maximum atomic E-state index is 11.4. The summed E-state index contributed by atoms with van der Waals surface area (Å²) in [4.78, 5) is 22.6. The number of aromatic nitrogens is 3. The normalized spacial score (nSPS) is 11.1. The molecule has 6 heteroatoms. The second-order valence-corrected chi connectivity index (χ2v) is 5.18. The summed E-state index contributed by atoms with van der Waals surface area (Å²) < 4.78 is 1.63. The van der Waals surface area contributed by atoms with E-state index in [4.69, 9.17) is 0 Å². The quantitative estimate of drug-likeness (QED) is 0.599. The monoisotopic (exact) mass is 257 g/mol. The fourth-order valence-corrected chi connectivity index (χ4v) is 2.47. The number of rotatable bonds is 7. The molecule has 1 rings (SSSR count). The van der Waals surface area contributed by atoms with E-state index < -0.39 is 0 Å². The molecule has 0 aromatic carbocycles. The van der Waals surface area contributed by atoms with Crippen LogP contribution >= 0.6 is 11.8 Å². The van der Waals surface area contributed by atoms with Gasteiger partial charge in [0.1, 0.15) is 5.78 Å². The molecule has 0 aliphatic heterocycles. The second kappa shape index (κ2) is 6.64. The lowest BCUT2D eigenvalue weighted by atomic mass is 10.2. The summed E-state index contributed by atoms with van der Waals surface area (Å²) in [5, 5.41) is 7.13. The molecular formula is C11H19N3O2S. The van der Waals surface area contributed by atoms with Gasteiger partial charge in [0, 0.05) is 24.6 Å². The third-order valence-corrected chi connectivity index (χ3v) is 3.45. The van der Waals surface area contributed by atoms with Crippen LogP contribution in [0.25, 0.3) is 0 Å². The number of carbonyl (C=O) groups excluding carboxylic acids is 1. The summed E-state index contributed by atoms with van der Waals surface area (Å²) in [5.41, 5.74) is -0.174. The van der Waals surface area contributed by atoms with Gasteiger partial charge < -0.3 is 0 Å². The van der Waals surface area contributed by atoms with Gasteiger partial charge in [0.15, 0.2) is 5.16 Å². The molecule has 0 aliphatic carbocycles. The van der Waals surface area contributed by atoms with E-state index in [-0.39, 0.29) is 17.5 Å². The van der Waals surface area contributed by atoms with Crippen molar-refractivity contribution in [3.63, 3.8) is 0 Å². The molecule has 0 aliphatic rings.